The first kappa shape index (κ1) is 113. The number of ketones is 1. The van der Waals surface area contributed by atoms with Gasteiger partial charge in [-0.1, -0.05) is 193 Å². The number of rotatable bonds is 62. The molecule has 34 atom stereocenters. The standard InChI is InChI=1S/C87H153N3O39/c1-6-8-10-12-14-16-18-20-21-22-23-25-27-29-31-33-35-37-62(104)90-52(53(100)36-34-32-30-28-26-24-19-17-15-13-11-9-7-2)47-118-81-72(112)70(110)75(60(45-95)121-81)124-83-73(113)79(76(61(46-96)122-83)125-80-51(38-48(3)97)74(67(107)58(43-93)119-80)123-82-71(111)69(109)66(106)57(42-92)120-82)129-87(85(116)117)40-55(102)64(89-50(5)99)78(128-87)68(108)59(44-94)126-86(84(114)115)39-54(101)63(88-49(4)98)77(127-86)65(105)56(103)41-91/h34,36,51-61,63-83,91-96,100-103,105-113H,6-33,35,37-47H2,1-5H3,(H,88,98)(H,89,99)(H,90,104)(H,114,115)(H,116,117)/t51-,52+,53-,54+,55+,56-,57-,58-,59-,60-,61-,63-,64-,65-,66+,67+,68-,69+,70-,71-,72-,73-,74-,75-,76+,77?,78?,79-,80+,81-,82+,83+,86-,87+/m1/s1. The minimum absolute atomic E-state index is 0.0888. The largest absolute Gasteiger partial charge is 0.477 e. The molecular formula is C87H153N3O39. The molecule has 0 radical (unpaired) electrons. The number of Topliss-reactive ketones (excluding diaryl/α,β-unsaturated/α-hetero) is 1. The molecule has 42 nitrogen and oxygen atoms in total. The van der Waals surface area contributed by atoms with Gasteiger partial charge >= 0.3 is 11.9 Å². The predicted molar refractivity (Wildman–Crippen MR) is 450 cm³/mol. The van der Waals surface area contributed by atoms with Crippen molar-refractivity contribution in [1.82, 2.24) is 16.0 Å². The van der Waals surface area contributed by atoms with Crippen LogP contribution < -0.4 is 16.0 Å². The number of aliphatic hydroxyl groups is 19. The fourth-order valence-electron chi connectivity index (χ4n) is 17.5. The number of carbonyl (C=O) groups excluding carboxylic acids is 4. The first-order valence-electron chi connectivity index (χ1n) is 46.4. The Morgan fingerprint density at radius 3 is 1.34 bits per heavy atom. The number of ether oxygens (including phenoxy) is 12. The van der Waals surface area contributed by atoms with Gasteiger partial charge in [0.1, 0.15) is 128 Å². The fourth-order valence-corrected chi connectivity index (χ4v) is 17.5. The maximum Gasteiger partial charge on any atom is 0.364 e. The Morgan fingerprint density at radius 2 is 0.860 bits per heavy atom. The van der Waals surface area contributed by atoms with Gasteiger partial charge in [0, 0.05) is 45.4 Å². The lowest BCUT2D eigenvalue weighted by atomic mass is 9.86. The number of nitrogens with one attached hydrogen (secondary N) is 3. The van der Waals surface area contributed by atoms with Gasteiger partial charge in [0.05, 0.1) is 88.8 Å². The SMILES string of the molecule is CCCCCCCCCCCCCC=C[C@@H](O)[C@H](CO[C@@H]1O[C@H](CO)[C@@H](O[C@@H]2O[C@H](CO)[C@H](O[C@@H]3O[C@H](CO)[C@H](O)[C@H](O[C@@H]4O[C@H](CO)[C@H](O)[C@H](O)[C@H]4O)[C@H]3CC(C)=O)[C@H](O[C@]3(C(=O)O)C[C@H](O)[C@@H](NC(C)=O)C([C@H](O)[C@@H](CO)O[C@]4(C(=O)O)C[C@H](O)[C@@H](NC(C)=O)C([C@H](O)[C@H](O)CO)O4)O3)[C@H]2O)[C@H](O)[C@H]1O)NC(=O)CCCCCCCCCCCCCCCCCCC. The van der Waals surface area contributed by atoms with Crippen LogP contribution >= 0.6 is 0 Å². The summed E-state index contributed by atoms with van der Waals surface area (Å²) in [5.74, 6) is -16.5. The van der Waals surface area contributed by atoms with Gasteiger partial charge in [0.15, 0.2) is 25.2 Å². The van der Waals surface area contributed by atoms with Crippen LogP contribution in [0.3, 0.4) is 0 Å². The molecule has 750 valence electrons. The van der Waals surface area contributed by atoms with Crippen molar-refractivity contribution in [2.24, 2.45) is 5.92 Å². The zero-order valence-corrected chi connectivity index (χ0v) is 75.2. The van der Waals surface area contributed by atoms with Gasteiger partial charge < -0.3 is 185 Å². The maximum atomic E-state index is 14.4. The highest BCUT2D eigenvalue weighted by Gasteiger charge is 2.64. The van der Waals surface area contributed by atoms with E-state index in [0.717, 1.165) is 85.0 Å². The number of hydrogen-bond acceptors (Lipinski definition) is 37. The lowest BCUT2D eigenvalue weighted by molar-refractivity contribution is -0.407. The normalized spacial score (nSPS) is 34.8. The Hall–Kier alpha value is -4.48. The summed E-state index contributed by atoms with van der Waals surface area (Å²) >= 11 is 0. The van der Waals surface area contributed by atoms with Gasteiger partial charge in [-0.15, -0.1) is 0 Å². The smallest absolute Gasteiger partial charge is 0.364 e. The summed E-state index contributed by atoms with van der Waals surface area (Å²) in [5, 5.41) is 245. The van der Waals surface area contributed by atoms with E-state index in [-0.39, 0.29) is 6.42 Å². The number of amides is 3. The molecule has 0 spiro atoms. The zero-order chi connectivity index (χ0) is 95.2. The molecule has 24 N–H and O–H groups in total. The van der Waals surface area contributed by atoms with E-state index >= 15 is 0 Å². The van der Waals surface area contributed by atoms with E-state index < -0.39 is 308 Å². The fraction of sp³-hybridized carbons (Fsp3) is 0.908. The van der Waals surface area contributed by atoms with Crippen molar-refractivity contribution >= 4 is 35.4 Å². The number of unbranched alkanes of at least 4 members (excludes halogenated alkanes) is 27. The van der Waals surface area contributed by atoms with Gasteiger partial charge in [0.2, 0.25) is 17.7 Å². The second-order valence-electron chi connectivity index (χ2n) is 35.3. The highest BCUT2D eigenvalue weighted by atomic mass is 16.8. The zero-order valence-electron chi connectivity index (χ0n) is 75.2. The predicted octanol–water partition coefficient (Wildman–Crippen LogP) is -2.00. The van der Waals surface area contributed by atoms with E-state index in [0.29, 0.717) is 12.8 Å². The molecule has 0 saturated carbocycles. The second-order valence-corrected chi connectivity index (χ2v) is 35.3. The molecule has 42 heteroatoms. The molecule has 0 aliphatic carbocycles. The molecular weight excluding hydrogens is 1710 g/mol. The van der Waals surface area contributed by atoms with Crippen LogP contribution in [0.1, 0.15) is 247 Å². The van der Waals surface area contributed by atoms with Gasteiger partial charge in [-0.05, 0) is 26.2 Å². The lowest BCUT2D eigenvalue weighted by Crippen LogP contribution is -2.72. The van der Waals surface area contributed by atoms with Gasteiger partial charge in [-0.3, -0.25) is 14.4 Å². The number of hydrogen-bond donors (Lipinski definition) is 24. The summed E-state index contributed by atoms with van der Waals surface area (Å²) in [6.45, 7) is -0.777. The topological polar surface area (TPSA) is 674 Å². The van der Waals surface area contributed by atoms with Crippen LogP contribution in [0.15, 0.2) is 12.2 Å². The summed E-state index contributed by atoms with van der Waals surface area (Å²) in [6, 6.07) is -5.10. The van der Waals surface area contributed by atoms with Gasteiger partial charge in [0.25, 0.3) is 11.6 Å². The van der Waals surface area contributed by atoms with E-state index in [2.05, 4.69) is 29.8 Å². The van der Waals surface area contributed by atoms with Crippen molar-refractivity contribution < 1.29 is 193 Å². The van der Waals surface area contributed by atoms with Crippen LogP contribution in [0.4, 0.5) is 0 Å². The second kappa shape index (κ2) is 58.2. The number of carboxylic acid groups (broad SMARTS) is 2. The van der Waals surface area contributed by atoms with E-state index in [1.807, 2.05) is 0 Å². The van der Waals surface area contributed by atoms with Crippen LogP contribution in [0.25, 0.3) is 0 Å². The third kappa shape index (κ3) is 33.7. The summed E-state index contributed by atoms with van der Waals surface area (Å²) in [6.07, 6.45) is -29.5. The molecule has 6 aliphatic rings. The molecule has 6 rings (SSSR count). The van der Waals surface area contributed by atoms with Crippen LogP contribution in [-0.4, -0.2) is 390 Å². The van der Waals surface area contributed by atoms with E-state index in [1.165, 1.54) is 115 Å². The number of carbonyl (C=O) groups is 6. The Kier molecular flexibility index (Phi) is 51.1. The Labute approximate surface area is 753 Å². The quantitative estimate of drug-likeness (QED) is 0.0231. The lowest BCUT2D eigenvalue weighted by Gasteiger charge is -2.53. The van der Waals surface area contributed by atoms with E-state index in [4.69, 9.17) is 56.8 Å². The third-order valence-electron chi connectivity index (χ3n) is 24.9. The molecule has 6 aliphatic heterocycles. The monoisotopic (exact) mass is 1860 g/mol. The number of carboxylic acids is 2. The minimum atomic E-state index is -3.68. The molecule has 0 aromatic carbocycles. The van der Waals surface area contributed by atoms with Crippen molar-refractivity contribution in [3.05, 3.63) is 12.2 Å². The molecule has 6 heterocycles. The first-order valence-corrected chi connectivity index (χ1v) is 46.4. The number of allylic oxidation sites excluding steroid dienone is 1. The van der Waals surface area contributed by atoms with Crippen molar-refractivity contribution in [3.63, 3.8) is 0 Å². The van der Waals surface area contributed by atoms with E-state index in [9.17, 15) is 136 Å². The molecule has 129 heavy (non-hydrogen) atoms. The summed E-state index contributed by atoms with van der Waals surface area (Å²) in [5.41, 5.74) is 0. The van der Waals surface area contributed by atoms with Crippen LogP contribution in [-0.2, 0) is 85.6 Å². The van der Waals surface area contributed by atoms with Gasteiger partial charge in [-0.25, -0.2) is 9.59 Å². The molecule has 0 aromatic heterocycles. The van der Waals surface area contributed by atoms with Crippen LogP contribution in [0, 0.1) is 5.92 Å². The molecule has 6 saturated heterocycles. The number of aliphatic carboxylic acids is 2. The highest BCUT2D eigenvalue weighted by molar-refractivity contribution is 5.78. The highest BCUT2D eigenvalue weighted by Crippen LogP contribution is 2.44. The average molecular weight is 1870 g/mol. The summed E-state index contributed by atoms with van der Waals surface area (Å²) < 4.78 is 72.5. The third-order valence-corrected chi connectivity index (χ3v) is 24.9. The van der Waals surface area contributed by atoms with Crippen molar-refractivity contribution in [3.8, 4) is 0 Å². The molecule has 0 bridgehead atoms. The van der Waals surface area contributed by atoms with Crippen molar-refractivity contribution in [2.75, 3.05) is 46.2 Å². The maximum absolute atomic E-state index is 14.4. The molecule has 3 amide bonds. The summed E-state index contributed by atoms with van der Waals surface area (Å²) in [7, 11) is 0. The Balaban J connectivity index is 1.32. The average Bonchev–Trinajstić information content (AvgIpc) is 0.745. The van der Waals surface area contributed by atoms with Crippen molar-refractivity contribution in [2.45, 2.75) is 448 Å². The van der Waals surface area contributed by atoms with Crippen LogP contribution in [0.2, 0.25) is 0 Å². The minimum Gasteiger partial charge on any atom is -0.477 e. The van der Waals surface area contributed by atoms with Gasteiger partial charge in [-0.2, -0.15) is 0 Å². The van der Waals surface area contributed by atoms with Crippen LogP contribution in [0.5, 0.6) is 0 Å². The Morgan fingerprint density at radius 1 is 0.442 bits per heavy atom. The number of aliphatic hydroxyl groups excluding tert-OH is 19. The molecule has 0 aromatic rings. The molecule has 6 fully saturated rings. The Bertz CT molecular complexity index is 3230. The van der Waals surface area contributed by atoms with Crippen molar-refractivity contribution in [1.29, 1.82) is 0 Å². The first-order chi connectivity index (χ1) is 61.6. The molecule has 2 unspecified atom stereocenters. The summed E-state index contributed by atoms with van der Waals surface area (Å²) in [4.78, 5) is 80.5. The van der Waals surface area contributed by atoms with E-state index in [1.54, 1.807) is 6.08 Å².